The van der Waals surface area contributed by atoms with Crippen LogP contribution in [0.5, 0.6) is 11.5 Å². The molecule has 0 amide bonds. The lowest BCUT2D eigenvalue weighted by Crippen LogP contribution is -2.52. The number of para-hydroxylation sites is 2. The first kappa shape index (κ1) is 27.9. The van der Waals surface area contributed by atoms with E-state index in [2.05, 4.69) is 32.6 Å². The van der Waals surface area contributed by atoms with E-state index >= 15 is 0 Å². The number of ether oxygens (including phenoxy) is 2. The fraction of sp³-hybridized carbons (Fsp3) is 0.462. The van der Waals surface area contributed by atoms with Gasteiger partial charge in [-0.05, 0) is 64.8 Å². The Morgan fingerprint density at radius 1 is 0.971 bits per heavy atom. The van der Waals surface area contributed by atoms with Crippen molar-refractivity contribution in [3.63, 3.8) is 0 Å². The normalized spacial score (nSPS) is 17.4. The molecule has 0 bridgehead atoms. The second-order valence-corrected chi connectivity index (χ2v) is 9.52. The minimum absolute atomic E-state index is 0.0918. The molecular formula is C26H35NO8. The molecule has 1 saturated heterocycles. The number of aliphatic hydroxyl groups is 1. The van der Waals surface area contributed by atoms with Crippen molar-refractivity contribution in [2.45, 2.75) is 64.3 Å². The highest BCUT2D eigenvalue weighted by Gasteiger charge is 2.44. The van der Waals surface area contributed by atoms with Crippen LogP contribution in [0.4, 0.5) is 0 Å². The van der Waals surface area contributed by atoms with Crippen LogP contribution in [0.3, 0.4) is 0 Å². The van der Waals surface area contributed by atoms with Gasteiger partial charge in [0.2, 0.25) is 0 Å². The van der Waals surface area contributed by atoms with E-state index in [1.807, 2.05) is 36.4 Å². The summed E-state index contributed by atoms with van der Waals surface area (Å²) < 4.78 is 17.0. The summed E-state index contributed by atoms with van der Waals surface area (Å²) in [5, 5.41) is 26.2. The number of likely N-dealkylation sites (tertiary alicyclic amines) is 1. The molecule has 0 radical (unpaired) electrons. The van der Waals surface area contributed by atoms with Crippen molar-refractivity contribution in [3.05, 3.63) is 60.6 Å². The molecule has 0 aliphatic carbocycles. The van der Waals surface area contributed by atoms with Gasteiger partial charge in [0.1, 0.15) is 25.1 Å². The van der Waals surface area contributed by atoms with Gasteiger partial charge >= 0.3 is 11.9 Å². The Bertz CT molecular complexity index is 949. The molecule has 9 nitrogen and oxygen atoms in total. The number of aliphatic hydroxyl groups excluding tert-OH is 1. The summed E-state index contributed by atoms with van der Waals surface area (Å²) >= 11 is 0. The topological polar surface area (TPSA) is 130 Å². The van der Waals surface area contributed by atoms with Crippen molar-refractivity contribution in [2.24, 2.45) is 0 Å². The van der Waals surface area contributed by atoms with Crippen LogP contribution in [-0.2, 0) is 16.2 Å². The van der Waals surface area contributed by atoms with E-state index in [0.717, 1.165) is 18.6 Å². The predicted molar refractivity (Wildman–Crippen MR) is 129 cm³/mol. The molecule has 1 aromatic heterocycles. The van der Waals surface area contributed by atoms with Gasteiger partial charge in [0, 0.05) is 29.8 Å². The number of hydrogen-bond donors (Lipinski definition) is 3. The average Bonchev–Trinajstić information content (AvgIpc) is 3.38. The summed E-state index contributed by atoms with van der Waals surface area (Å²) in [5.74, 6) is -0.492. The van der Waals surface area contributed by atoms with Gasteiger partial charge in [0.05, 0.1) is 6.26 Å². The third kappa shape index (κ3) is 9.11. The number of β-amino-alcohol motifs (C(OH)–C–C–N with tert-alkyl or cyclic N) is 1. The third-order valence-corrected chi connectivity index (χ3v) is 5.80. The van der Waals surface area contributed by atoms with Crippen LogP contribution >= 0.6 is 0 Å². The quantitative estimate of drug-likeness (QED) is 0.425. The number of hydrogen-bond acceptors (Lipinski definition) is 7. The Hall–Kier alpha value is -3.30. The van der Waals surface area contributed by atoms with E-state index in [1.165, 1.54) is 0 Å². The van der Waals surface area contributed by atoms with Crippen LogP contribution in [0.15, 0.2) is 59.2 Å². The summed E-state index contributed by atoms with van der Waals surface area (Å²) in [6.07, 6.45) is 4.44. The average molecular weight is 490 g/mol. The largest absolute Gasteiger partial charge is 0.487 e. The lowest BCUT2D eigenvalue weighted by atomic mass is 10.0. The first-order chi connectivity index (χ1) is 16.4. The number of carboxylic acid groups (broad SMARTS) is 2. The van der Waals surface area contributed by atoms with Crippen LogP contribution in [-0.4, -0.2) is 62.5 Å². The molecule has 192 valence electrons. The van der Waals surface area contributed by atoms with Crippen molar-refractivity contribution in [1.82, 2.24) is 4.90 Å². The summed E-state index contributed by atoms with van der Waals surface area (Å²) in [4.78, 5) is 21.5. The SMILES string of the molecule is CC1(C)CCC(C)(C)N1CC(O)COc1ccccc1OCc1ccco1.O=C(O)C=CC(=O)O. The zero-order valence-electron chi connectivity index (χ0n) is 20.6. The number of benzene rings is 1. The highest BCUT2D eigenvalue weighted by Crippen LogP contribution is 2.40. The highest BCUT2D eigenvalue weighted by atomic mass is 16.5. The Labute approximate surface area is 205 Å². The monoisotopic (exact) mass is 489 g/mol. The van der Waals surface area contributed by atoms with Crippen molar-refractivity contribution < 1.29 is 38.8 Å². The number of furan rings is 1. The van der Waals surface area contributed by atoms with E-state index in [9.17, 15) is 14.7 Å². The standard InChI is InChI=1S/C22H31NO4.C4H4O4/c1-21(2)11-12-22(3,4)23(21)14-17(24)15-26-19-9-5-6-10-20(19)27-16-18-8-7-13-25-18;5-3(6)1-2-4(7)8/h5-10,13,17,24H,11-12,14-16H2,1-4H3;1-2H,(H,5,6)(H,7,8). The fourth-order valence-electron chi connectivity index (χ4n) is 4.02. The van der Waals surface area contributed by atoms with Crippen molar-refractivity contribution in [2.75, 3.05) is 13.2 Å². The number of carboxylic acids is 2. The van der Waals surface area contributed by atoms with E-state index < -0.39 is 18.0 Å². The summed E-state index contributed by atoms with van der Waals surface area (Å²) in [6, 6.07) is 11.2. The van der Waals surface area contributed by atoms with E-state index in [1.54, 1.807) is 6.26 Å². The van der Waals surface area contributed by atoms with E-state index in [0.29, 0.717) is 36.8 Å². The van der Waals surface area contributed by atoms with Crippen LogP contribution in [0.1, 0.15) is 46.3 Å². The maximum absolute atomic E-state index is 10.6. The molecule has 3 rings (SSSR count). The summed E-state index contributed by atoms with van der Waals surface area (Å²) in [7, 11) is 0. The molecule has 2 heterocycles. The Morgan fingerprint density at radius 2 is 1.51 bits per heavy atom. The molecule has 0 spiro atoms. The maximum Gasteiger partial charge on any atom is 0.328 e. The van der Waals surface area contributed by atoms with Crippen molar-refractivity contribution >= 4 is 11.9 Å². The molecular weight excluding hydrogens is 454 g/mol. The number of aliphatic carboxylic acids is 2. The van der Waals surface area contributed by atoms with E-state index in [4.69, 9.17) is 24.1 Å². The second kappa shape index (κ2) is 12.4. The maximum atomic E-state index is 10.6. The zero-order valence-corrected chi connectivity index (χ0v) is 20.6. The lowest BCUT2D eigenvalue weighted by Gasteiger charge is -2.41. The van der Waals surface area contributed by atoms with Gasteiger partial charge in [0.25, 0.3) is 0 Å². The Balaban J connectivity index is 0.000000466. The van der Waals surface area contributed by atoms with Crippen LogP contribution < -0.4 is 9.47 Å². The Kier molecular flexibility index (Phi) is 9.91. The second-order valence-electron chi connectivity index (χ2n) is 9.52. The van der Waals surface area contributed by atoms with Gasteiger partial charge in [-0.2, -0.15) is 0 Å². The van der Waals surface area contributed by atoms with Gasteiger partial charge in [-0.25, -0.2) is 9.59 Å². The number of carbonyl (C=O) groups is 2. The molecule has 1 aromatic carbocycles. The highest BCUT2D eigenvalue weighted by molar-refractivity contribution is 5.89. The number of nitrogens with zero attached hydrogens (tertiary/aromatic N) is 1. The summed E-state index contributed by atoms with van der Waals surface area (Å²) in [6.45, 7) is 10.1. The predicted octanol–water partition coefficient (Wildman–Crippen LogP) is 3.96. The van der Waals surface area contributed by atoms with Crippen LogP contribution in [0.25, 0.3) is 0 Å². The lowest BCUT2D eigenvalue weighted by molar-refractivity contribution is -0.134. The molecule has 3 N–H and O–H groups in total. The first-order valence-corrected chi connectivity index (χ1v) is 11.4. The van der Waals surface area contributed by atoms with Gasteiger partial charge in [-0.1, -0.05) is 12.1 Å². The van der Waals surface area contributed by atoms with E-state index in [-0.39, 0.29) is 17.7 Å². The molecule has 1 atom stereocenters. The molecule has 1 aliphatic heterocycles. The van der Waals surface area contributed by atoms with Crippen LogP contribution in [0.2, 0.25) is 0 Å². The summed E-state index contributed by atoms with van der Waals surface area (Å²) in [5.41, 5.74) is 0.184. The minimum Gasteiger partial charge on any atom is -0.487 e. The Morgan fingerprint density at radius 3 is 2.00 bits per heavy atom. The molecule has 1 fully saturated rings. The van der Waals surface area contributed by atoms with Gasteiger partial charge in [-0.15, -0.1) is 0 Å². The minimum atomic E-state index is -1.26. The molecule has 2 aromatic rings. The zero-order chi connectivity index (χ0) is 26.1. The molecule has 35 heavy (non-hydrogen) atoms. The molecule has 9 heteroatoms. The van der Waals surface area contributed by atoms with Gasteiger partial charge in [0.15, 0.2) is 11.5 Å². The fourth-order valence-corrected chi connectivity index (χ4v) is 4.02. The molecule has 1 unspecified atom stereocenters. The van der Waals surface area contributed by atoms with Crippen molar-refractivity contribution in [3.8, 4) is 11.5 Å². The van der Waals surface area contributed by atoms with Crippen molar-refractivity contribution in [1.29, 1.82) is 0 Å². The van der Waals surface area contributed by atoms with Gasteiger partial charge < -0.3 is 29.2 Å². The first-order valence-electron chi connectivity index (χ1n) is 11.4. The molecule has 1 aliphatic rings. The third-order valence-electron chi connectivity index (χ3n) is 5.80. The smallest absolute Gasteiger partial charge is 0.328 e. The van der Waals surface area contributed by atoms with Gasteiger partial charge in [-0.3, -0.25) is 4.90 Å². The number of rotatable bonds is 10. The molecule has 0 saturated carbocycles. The van der Waals surface area contributed by atoms with Crippen LogP contribution in [0, 0.1) is 0 Å².